The normalized spacial score (nSPS) is 11.8. The van der Waals surface area contributed by atoms with E-state index in [4.69, 9.17) is 19.9 Å². The minimum Gasteiger partial charge on any atom is -0.493 e. The molecule has 0 radical (unpaired) electrons. The lowest BCUT2D eigenvalue weighted by molar-refractivity contribution is -0.143. The Morgan fingerprint density at radius 1 is 1.37 bits per heavy atom. The molecule has 0 saturated heterocycles. The monoisotopic (exact) mass is 331 g/mol. The number of benzene rings is 1. The van der Waals surface area contributed by atoms with Crippen LogP contribution in [0.15, 0.2) is 16.6 Å². The highest BCUT2D eigenvalue weighted by atomic mass is 79.9. The van der Waals surface area contributed by atoms with Crippen LogP contribution < -0.4 is 15.2 Å². The van der Waals surface area contributed by atoms with Gasteiger partial charge in [-0.05, 0) is 40.5 Å². The van der Waals surface area contributed by atoms with Gasteiger partial charge >= 0.3 is 5.97 Å². The first-order valence-corrected chi connectivity index (χ1v) is 6.65. The molecule has 1 atom stereocenters. The fourth-order valence-corrected chi connectivity index (χ4v) is 2.29. The number of hydrogen-bond acceptors (Lipinski definition) is 5. The van der Waals surface area contributed by atoms with Crippen LogP contribution in [0.2, 0.25) is 0 Å². The van der Waals surface area contributed by atoms with E-state index in [0.29, 0.717) is 18.1 Å². The van der Waals surface area contributed by atoms with Gasteiger partial charge in [-0.1, -0.05) is 0 Å². The van der Waals surface area contributed by atoms with Crippen molar-refractivity contribution in [1.29, 1.82) is 0 Å². The van der Waals surface area contributed by atoms with Crippen molar-refractivity contribution in [2.75, 3.05) is 20.8 Å². The fourth-order valence-electron chi connectivity index (χ4n) is 1.67. The molecule has 1 aromatic rings. The maximum atomic E-state index is 11.4. The van der Waals surface area contributed by atoms with Crippen LogP contribution in [-0.4, -0.2) is 26.8 Å². The Bertz CT molecular complexity index is 451. The second kappa shape index (κ2) is 7.35. The van der Waals surface area contributed by atoms with Crippen LogP contribution in [0, 0.1) is 0 Å². The van der Waals surface area contributed by atoms with Gasteiger partial charge in [-0.25, -0.2) is 0 Å². The molecule has 1 unspecified atom stereocenters. The van der Waals surface area contributed by atoms with Gasteiger partial charge in [0.1, 0.15) is 0 Å². The molecule has 1 aromatic carbocycles. The summed E-state index contributed by atoms with van der Waals surface area (Å²) in [4.78, 5) is 11.4. The van der Waals surface area contributed by atoms with E-state index in [0.717, 1.165) is 10.0 Å². The lowest BCUT2D eigenvalue weighted by atomic mass is 10.0. The lowest BCUT2D eigenvalue weighted by Gasteiger charge is -2.16. The van der Waals surface area contributed by atoms with Gasteiger partial charge < -0.3 is 19.9 Å². The van der Waals surface area contributed by atoms with Crippen molar-refractivity contribution in [2.24, 2.45) is 5.73 Å². The van der Waals surface area contributed by atoms with E-state index in [1.165, 1.54) is 0 Å². The molecule has 0 aromatic heterocycles. The Balaban J connectivity index is 2.94. The van der Waals surface area contributed by atoms with Crippen LogP contribution in [0.1, 0.15) is 24.9 Å². The number of halogens is 1. The Morgan fingerprint density at radius 3 is 2.58 bits per heavy atom. The molecule has 0 aliphatic carbocycles. The first kappa shape index (κ1) is 15.8. The standard InChI is InChI=1S/C13H18BrNO4/c1-4-19-12(16)7-10(15)8-5-9(14)13(18-3)11(6-8)17-2/h5-6,10H,4,7,15H2,1-3H3. The van der Waals surface area contributed by atoms with Gasteiger partial charge in [-0.3, -0.25) is 4.79 Å². The number of rotatable bonds is 6. The first-order valence-electron chi connectivity index (χ1n) is 5.86. The number of carbonyl (C=O) groups excluding carboxylic acids is 1. The highest BCUT2D eigenvalue weighted by molar-refractivity contribution is 9.10. The molecule has 1 rings (SSSR count). The maximum Gasteiger partial charge on any atom is 0.307 e. The molecule has 6 heteroatoms. The molecule has 106 valence electrons. The molecule has 0 spiro atoms. The smallest absolute Gasteiger partial charge is 0.307 e. The minimum atomic E-state index is -0.449. The summed E-state index contributed by atoms with van der Waals surface area (Å²) >= 11 is 3.39. The summed E-state index contributed by atoms with van der Waals surface area (Å²) in [6.45, 7) is 2.11. The molecule has 0 fully saturated rings. The van der Waals surface area contributed by atoms with Crippen LogP contribution in [0.3, 0.4) is 0 Å². The summed E-state index contributed by atoms with van der Waals surface area (Å²) in [7, 11) is 3.10. The van der Waals surface area contributed by atoms with Gasteiger partial charge in [0, 0.05) is 6.04 Å². The number of ether oxygens (including phenoxy) is 3. The average Bonchev–Trinajstić information content (AvgIpc) is 2.37. The van der Waals surface area contributed by atoms with Gasteiger partial charge in [0.2, 0.25) is 0 Å². The highest BCUT2D eigenvalue weighted by Gasteiger charge is 2.17. The summed E-state index contributed by atoms with van der Waals surface area (Å²) in [6.07, 6.45) is 0.121. The van der Waals surface area contributed by atoms with Crippen LogP contribution in [0.5, 0.6) is 11.5 Å². The summed E-state index contributed by atoms with van der Waals surface area (Å²) in [5, 5.41) is 0. The maximum absolute atomic E-state index is 11.4. The largest absolute Gasteiger partial charge is 0.493 e. The topological polar surface area (TPSA) is 70.8 Å². The van der Waals surface area contributed by atoms with Gasteiger partial charge in [0.15, 0.2) is 11.5 Å². The molecule has 2 N–H and O–H groups in total. The molecule has 0 saturated carbocycles. The zero-order valence-corrected chi connectivity index (χ0v) is 12.8. The number of hydrogen-bond donors (Lipinski definition) is 1. The first-order chi connectivity index (χ1) is 9.03. The summed E-state index contributed by atoms with van der Waals surface area (Å²) in [5.74, 6) is 0.835. The number of methoxy groups -OCH3 is 2. The predicted molar refractivity (Wildman–Crippen MR) is 75.4 cm³/mol. The Morgan fingerprint density at radius 2 is 2.05 bits per heavy atom. The van der Waals surface area contributed by atoms with Crippen LogP contribution in [0.4, 0.5) is 0 Å². The van der Waals surface area contributed by atoms with Gasteiger partial charge in [0.25, 0.3) is 0 Å². The van der Waals surface area contributed by atoms with Crippen LogP contribution >= 0.6 is 15.9 Å². The molecule has 0 aliphatic heterocycles. The predicted octanol–water partition coefficient (Wildman–Crippen LogP) is 2.42. The van der Waals surface area contributed by atoms with Crippen LogP contribution in [-0.2, 0) is 9.53 Å². The third kappa shape index (κ3) is 4.11. The molecule has 5 nitrogen and oxygen atoms in total. The van der Waals surface area contributed by atoms with Crippen molar-refractivity contribution in [3.05, 3.63) is 22.2 Å². The second-order valence-corrected chi connectivity index (χ2v) is 4.71. The summed E-state index contributed by atoms with van der Waals surface area (Å²) < 4.78 is 16.1. The summed E-state index contributed by atoms with van der Waals surface area (Å²) in [6, 6.07) is 3.12. The van der Waals surface area contributed by atoms with Crippen molar-refractivity contribution < 1.29 is 19.0 Å². The van der Waals surface area contributed by atoms with E-state index < -0.39 is 6.04 Å². The zero-order chi connectivity index (χ0) is 14.4. The van der Waals surface area contributed by atoms with Crippen molar-refractivity contribution in [2.45, 2.75) is 19.4 Å². The number of carbonyl (C=O) groups is 1. The molecule has 0 amide bonds. The Kier molecular flexibility index (Phi) is 6.11. The van der Waals surface area contributed by atoms with Crippen LogP contribution in [0.25, 0.3) is 0 Å². The average molecular weight is 332 g/mol. The van der Waals surface area contributed by atoms with E-state index in [2.05, 4.69) is 15.9 Å². The van der Waals surface area contributed by atoms with Gasteiger partial charge in [-0.15, -0.1) is 0 Å². The minimum absolute atomic E-state index is 0.121. The zero-order valence-electron chi connectivity index (χ0n) is 11.2. The molecule has 0 aliphatic rings. The van der Waals surface area contributed by atoms with Gasteiger partial charge in [-0.2, -0.15) is 0 Å². The molecule has 0 heterocycles. The molecular weight excluding hydrogens is 314 g/mol. The van der Waals surface area contributed by atoms with E-state index in [9.17, 15) is 4.79 Å². The molecule has 0 bridgehead atoms. The van der Waals surface area contributed by atoms with E-state index in [-0.39, 0.29) is 12.4 Å². The summed E-state index contributed by atoms with van der Waals surface area (Å²) in [5.41, 5.74) is 6.77. The van der Waals surface area contributed by atoms with Crippen molar-refractivity contribution >= 4 is 21.9 Å². The Hall–Kier alpha value is -1.27. The molecule has 19 heavy (non-hydrogen) atoms. The van der Waals surface area contributed by atoms with E-state index in [1.54, 1.807) is 27.2 Å². The van der Waals surface area contributed by atoms with Crippen molar-refractivity contribution in [3.8, 4) is 11.5 Å². The molecular formula is C13H18BrNO4. The SMILES string of the molecule is CCOC(=O)CC(N)c1cc(Br)c(OC)c(OC)c1. The van der Waals surface area contributed by atoms with Crippen molar-refractivity contribution in [1.82, 2.24) is 0 Å². The third-order valence-electron chi connectivity index (χ3n) is 2.58. The van der Waals surface area contributed by atoms with Crippen molar-refractivity contribution in [3.63, 3.8) is 0 Å². The lowest BCUT2D eigenvalue weighted by Crippen LogP contribution is -2.17. The second-order valence-electron chi connectivity index (χ2n) is 3.85. The van der Waals surface area contributed by atoms with Gasteiger partial charge in [0.05, 0.1) is 31.7 Å². The highest BCUT2D eigenvalue weighted by Crippen LogP contribution is 2.37. The number of esters is 1. The van der Waals surface area contributed by atoms with E-state index in [1.807, 2.05) is 6.07 Å². The fraction of sp³-hybridized carbons (Fsp3) is 0.462. The van der Waals surface area contributed by atoms with E-state index >= 15 is 0 Å². The Labute approximate surface area is 121 Å². The number of nitrogens with two attached hydrogens (primary N) is 1. The quantitative estimate of drug-likeness (QED) is 0.810. The third-order valence-corrected chi connectivity index (χ3v) is 3.16.